The predicted molar refractivity (Wildman–Crippen MR) is 78.1 cm³/mol. The van der Waals surface area contributed by atoms with Gasteiger partial charge in [-0.05, 0) is 39.8 Å². The van der Waals surface area contributed by atoms with E-state index in [0.717, 1.165) is 5.69 Å². The number of nitrogens with two attached hydrogens (primary N) is 2. The van der Waals surface area contributed by atoms with Crippen molar-refractivity contribution in [1.82, 2.24) is 0 Å². The van der Waals surface area contributed by atoms with Gasteiger partial charge in [0.2, 0.25) is 5.91 Å². The number of carbonyl (C=O) groups excluding carboxylic acids is 1. The molecular formula is C14H23N3O2. The lowest BCUT2D eigenvalue weighted by molar-refractivity contribution is -0.118. The fourth-order valence-electron chi connectivity index (χ4n) is 1.85. The average molecular weight is 265 g/mol. The topological polar surface area (TPSA) is 90.4 Å². The number of hydrogen-bond acceptors (Lipinski definition) is 4. The minimum Gasteiger partial charge on any atom is -0.489 e. The van der Waals surface area contributed by atoms with Crippen molar-refractivity contribution in [3.63, 3.8) is 0 Å². The van der Waals surface area contributed by atoms with Gasteiger partial charge in [0.05, 0.1) is 17.5 Å². The maximum absolute atomic E-state index is 11.0. The van der Waals surface area contributed by atoms with Crippen molar-refractivity contribution in [1.29, 1.82) is 0 Å². The Bertz CT molecular complexity index is 456. The van der Waals surface area contributed by atoms with Gasteiger partial charge in [-0.15, -0.1) is 0 Å². The zero-order valence-corrected chi connectivity index (χ0v) is 12.0. The van der Waals surface area contributed by atoms with E-state index in [1.54, 1.807) is 0 Å². The normalized spacial score (nSPS) is 11.4. The van der Waals surface area contributed by atoms with Crippen LogP contribution in [0.25, 0.3) is 0 Å². The summed E-state index contributed by atoms with van der Waals surface area (Å²) in [6, 6.07) is 5.53. The van der Waals surface area contributed by atoms with E-state index in [1.165, 1.54) is 0 Å². The molecule has 1 aromatic carbocycles. The molecule has 0 aromatic heterocycles. The molecular weight excluding hydrogens is 242 g/mol. The second kappa shape index (κ2) is 5.82. The van der Waals surface area contributed by atoms with E-state index < -0.39 is 5.54 Å². The summed E-state index contributed by atoms with van der Waals surface area (Å²) in [6.07, 6.45) is 0.276. The van der Waals surface area contributed by atoms with Gasteiger partial charge >= 0.3 is 0 Å². The van der Waals surface area contributed by atoms with E-state index in [4.69, 9.17) is 16.2 Å². The van der Waals surface area contributed by atoms with Gasteiger partial charge in [-0.2, -0.15) is 0 Å². The molecule has 0 aliphatic rings. The van der Waals surface area contributed by atoms with Crippen molar-refractivity contribution < 1.29 is 9.53 Å². The lowest BCUT2D eigenvalue weighted by Crippen LogP contribution is -2.36. The maximum Gasteiger partial charge on any atom is 0.219 e. The SMILES string of the molecule is CC(C)Oc1cccc(NC(C)(C)CC(N)=O)c1N. The van der Waals surface area contributed by atoms with E-state index in [9.17, 15) is 4.79 Å². The molecule has 0 atom stereocenters. The summed E-state index contributed by atoms with van der Waals surface area (Å²) >= 11 is 0. The number of ether oxygens (including phenoxy) is 1. The Hall–Kier alpha value is -1.91. The summed E-state index contributed by atoms with van der Waals surface area (Å²) in [5.41, 5.74) is 12.1. The van der Waals surface area contributed by atoms with E-state index >= 15 is 0 Å². The highest BCUT2D eigenvalue weighted by molar-refractivity contribution is 5.78. The van der Waals surface area contributed by atoms with Crippen LogP contribution in [0.15, 0.2) is 18.2 Å². The van der Waals surface area contributed by atoms with Crippen LogP contribution in [-0.2, 0) is 4.79 Å². The number of anilines is 2. The van der Waals surface area contributed by atoms with Crippen molar-refractivity contribution in [2.45, 2.75) is 45.8 Å². The molecule has 1 rings (SSSR count). The highest BCUT2D eigenvalue weighted by Crippen LogP contribution is 2.32. The zero-order valence-electron chi connectivity index (χ0n) is 12.0. The largest absolute Gasteiger partial charge is 0.489 e. The molecule has 0 heterocycles. The summed E-state index contributed by atoms with van der Waals surface area (Å²) in [6.45, 7) is 7.67. The van der Waals surface area contributed by atoms with Gasteiger partial charge < -0.3 is 21.5 Å². The van der Waals surface area contributed by atoms with Gasteiger partial charge in [-0.3, -0.25) is 4.79 Å². The summed E-state index contributed by atoms with van der Waals surface area (Å²) < 4.78 is 5.62. The number of nitrogens with one attached hydrogen (secondary N) is 1. The Balaban J connectivity index is 2.92. The molecule has 106 valence electrons. The molecule has 5 heteroatoms. The average Bonchev–Trinajstić information content (AvgIpc) is 2.21. The van der Waals surface area contributed by atoms with Crippen molar-refractivity contribution in [2.75, 3.05) is 11.1 Å². The number of para-hydroxylation sites is 1. The molecule has 0 fully saturated rings. The second-order valence-electron chi connectivity index (χ2n) is 5.54. The van der Waals surface area contributed by atoms with Crippen LogP contribution in [0.2, 0.25) is 0 Å². The first-order valence-corrected chi connectivity index (χ1v) is 6.33. The number of rotatable bonds is 6. The van der Waals surface area contributed by atoms with Crippen molar-refractivity contribution in [2.24, 2.45) is 5.73 Å². The maximum atomic E-state index is 11.0. The van der Waals surface area contributed by atoms with Crippen LogP contribution in [0.1, 0.15) is 34.1 Å². The number of primary amides is 1. The third kappa shape index (κ3) is 4.69. The Morgan fingerprint density at radius 3 is 2.58 bits per heavy atom. The fourth-order valence-corrected chi connectivity index (χ4v) is 1.85. The first-order chi connectivity index (χ1) is 8.71. The molecule has 0 aliphatic heterocycles. The monoisotopic (exact) mass is 265 g/mol. The highest BCUT2D eigenvalue weighted by Gasteiger charge is 2.21. The second-order valence-corrected chi connectivity index (χ2v) is 5.54. The predicted octanol–water partition coefficient (Wildman–Crippen LogP) is 2.12. The fraction of sp³-hybridized carbons (Fsp3) is 0.500. The van der Waals surface area contributed by atoms with Gasteiger partial charge in [0.25, 0.3) is 0 Å². The lowest BCUT2D eigenvalue weighted by atomic mass is 9.99. The summed E-state index contributed by atoms with van der Waals surface area (Å²) in [5, 5.41) is 3.23. The van der Waals surface area contributed by atoms with E-state index in [1.807, 2.05) is 45.9 Å². The van der Waals surface area contributed by atoms with Crippen LogP contribution >= 0.6 is 0 Å². The van der Waals surface area contributed by atoms with Crippen LogP contribution < -0.4 is 21.5 Å². The van der Waals surface area contributed by atoms with E-state index in [0.29, 0.717) is 11.4 Å². The molecule has 1 aromatic rings. The molecule has 1 amide bonds. The molecule has 0 spiro atoms. The molecule has 0 radical (unpaired) electrons. The molecule has 19 heavy (non-hydrogen) atoms. The Morgan fingerprint density at radius 1 is 1.42 bits per heavy atom. The van der Waals surface area contributed by atoms with E-state index in [2.05, 4.69) is 5.32 Å². The van der Waals surface area contributed by atoms with Crippen LogP contribution in [0.3, 0.4) is 0 Å². The minimum atomic E-state index is -0.462. The summed E-state index contributed by atoms with van der Waals surface area (Å²) in [7, 11) is 0. The number of amides is 1. The lowest BCUT2D eigenvalue weighted by Gasteiger charge is -2.27. The number of hydrogen-bond donors (Lipinski definition) is 3. The highest BCUT2D eigenvalue weighted by atomic mass is 16.5. The van der Waals surface area contributed by atoms with Gasteiger partial charge in [0, 0.05) is 12.0 Å². The Morgan fingerprint density at radius 2 is 2.05 bits per heavy atom. The standard InChI is InChI=1S/C14H23N3O2/c1-9(2)19-11-7-5-6-10(13(11)16)17-14(3,4)8-12(15)18/h5-7,9,17H,8,16H2,1-4H3,(H2,15,18). The van der Waals surface area contributed by atoms with Crippen LogP contribution in [-0.4, -0.2) is 17.6 Å². The van der Waals surface area contributed by atoms with Gasteiger partial charge in [-0.25, -0.2) is 0 Å². The summed E-state index contributed by atoms with van der Waals surface area (Å²) in [4.78, 5) is 11.0. The van der Waals surface area contributed by atoms with Crippen LogP contribution in [0.4, 0.5) is 11.4 Å². The molecule has 0 saturated heterocycles. The molecule has 0 saturated carbocycles. The van der Waals surface area contributed by atoms with E-state index in [-0.39, 0.29) is 18.4 Å². The van der Waals surface area contributed by atoms with Crippen molar-refractivity contribution >= 4 is 17.3 Å². The van der Waals surface area contributed by atoms with Crippen LogP contribution in [0.5, 0.6) is 5.75 Å². The van der Waals surface area contributed by atoms with Crippen molar-refractivity contribution in [3.05, 3.63) is 18.2 Å². The Kier molecular flexibility index (Phi) is 4.64. The van der Waals surface area contributed by atoms with Crippen molar-refractivity contribution in [3.8, 4) is 5.75 Å². The first kappa shape index (κ1) is 15.1. The number of nitrogen functional groups attached to an aromatic ring is 1. The van der Waals surface area contributed by atoms with Crippen LogP contribution in [0, 0.1) is 0 Å². The van der Waals surface area contributed by atoms with Gasteiger partial charge in [-0.1, -0.05) is 6.07 Å². The van der Waals surface area contributed by atoms with Gasteiger partial charge in [0.1, 0.15) is 5.75 Å². The van der Waals surface area contributed by atoms with Gasteiger partial charge in [0.15, 0.2) is 0 Å². The third-order valence-electron chi connectivity index (χ3n) is 2.52. The molecule has 0 unspecified atom stereocenters. The molecule has 0 aliphatic carbocycles. The number of carbonyl (C=O) groups is 1. The smallest absolute Gasteiger partial charge is 0.219 e. The molecule has 5 nitrogen and oxygen atoms in total. The number of benzene rings is 1. The molecule has 0 bridgehead atoms. The minimum absolute atomic E-state index is 0.0520. The first-order valence-electron chi connectivity index (χ1n) is 6.33. The summed E-state index contributed by atoms with van der Waals surface area (Å²) in [5.74, 6) is 0.278. The quantitative estimate of drug-likeness (QED) is 0.687. The third-order valence-corrected chi connectivity index (χ3v) is 2.52. The molecule has 5 N–H and O–H groups in total. The Labute approximate surface area is 114 Å². The zero-order chi connectivity index (χ0) is 14.6.